The molecule has 0 saturated heterocycles. The van der Waals surface area contributed by atoms with Crippen molar-refractivity contribution in [2.75, 3.05) is 25.1 Å². The maximum absolute atomic E-state index is 12.5. The van der Waals surface area contributed by atoms with E-state index < -0.39 is 7.60 Å². The van der Waals surface area contributed by atoms with Crippen LogP contribution in [0.5, 0.6) is 0 Å². The van der Waals surface area contributed by atoms with Crippen LogP contribution in [0, 0.1) is 0 Å². The van der Waals surface area contributed by atoms with Crippen LogP contribution in [0.15, 0.2) is 35.3 Å². The van der Waals surface area contributed by atoms with Gasteiger partial charge in [-0.25, -0.2) is 0 Å². The summed E-state index contributed by atoms with van der Waals surface area (Å²) >= 11 is 1.64. The Labute approximate surface area is 124 Å². The summed E-state index contributed by atoms with van der Waals surface area (Å²) in [5.74, 6) is 0.887. The lowest BCUT2D eigenvalue weighted by Crippen LogP contribution is -2.05. The highest BCUT2D eigenvalue weighted by Gasteiger charge is 2.30. The summed E-state index contributed by atoms with van der Waals surface area (Å²) in [6.45, 7) is 4.42. The highest BCUT2D eigenvalue weighted by Crippen LogP contribution is 2.50. The van der Waals surface area contributed by atoms with Crippen molar-refractivity contribution in [3.63, 3.8) is 0 Å². The van der Waals surface area contributed by atoms with Gasteiger partial charge in [-0.2, -0.15) is 0 Å². The summed E-state index contributed by atoms with van der Waals surface area (Å²) in [5.41, 5.74) is 1.19. The number of rotatable bonds is 7. The van der Waals surface area contributed by atoms with Crippen molar-refractivity contribution < 1.29 is 13.6 Å². The first kappa shape index (κ1) is 15.8. The number of benzene rings is 1. The van der Waals surface area contributed by atoms with Gasteiger partial charge in [0.1, 0.15) is 0 Å². The lowest BCUT2D eigenvalue weighted by Gasteiger charge is -2.16. The summed E-state index contributed by atoms with van der Waals surface area (Å²) in [7, 11) is -3.04. The Kier molecular flexibility index (Phi) is 5.85. The van der Waals surface area contributed by atoms with Crippen LogP contribution in [0.25, 0.3) is 0 Å². The lowest BCUT2D eigenvalue weighted by molar-refractivity contribution is 0.223. The van der Waals surface area contributed by atoms with Crippen molar-refractivity contribution in [3.8, 4) is 0 Å². The van der Waals surface area contributed by atoms with Crippen LogP contribution >= 0.6 is 19.4 Å². The molecule has 0 aromatic heterocycles. The van der Waals surface area contributed by atoms with Crippen molar-refractivity contribution in [1.29, 1.82) is 0 Å². The molecule has 1 aromatic rings. The molecule has 0 amide bonds. The average Bonchev–Trinajstić information content (AvgIpc) is 2.88. The average molecular weight is 313 g/mol. The molecule has 2 rings (SSSR count). The second kappa shape index (κ2) is 7.41. The number of hydrogen-bond donors (Lipinski definition) is 0. The van der Waals surface area contributed by atoms with Crippen molar-refractivity contribution in [2.45, 2.75) is 19.9 Å². The van der Waals surface area contributed by atoms with E-state index in [1.165, 1.54) is 5.56 Å². The molecule has 1 aliphatic heterocycles. The van der Waals surface area contributed by atoms with E-state index >= 15 is 0 Å². The molecule has 0 N–H and O–H groups in total. The Morgan fingerprint density at radius 2 is 1.90 bits per heavy atom. The van der Waals surface area contributed by atoms with Crippen LogP contribution < -0.4 is 0 Å². The molecule has 0 saturated carbocycles. The van der Waals surface area contributed by atoms with Gasteiger partial charge in [-0.1, -0.05) is 30.3 Å². The van der Waals surface area contributed by atoms with Gasteiger partial charge in [-0.15, -0.1) is 11.8 Å². The van der Waals surface area contributed by atoms with Crippen molar-refractivity contribution in [1.82, 2.24) is 0 Å². The summed E-state index contributed by atoms with van der Waals surface area (Å²) < 4.78 is 23.1. The molecule has 1 unspecified atom stereocenters. The molecular weight excluding hydrogens is 293 g/mol. The van der Waals surface area contributed by atoms with Gasteiger partial charge >= 0.3 is 7.60 Å². The zero-order valence-electron chi connectivity index (χ0n) is 11.8. The molecule has 0 aliphatic carbocycles. The second-order valence-electron chi connectivity index (χ2n) is 4.36. The Bertz CT molecular complexity index is 496. The fourth-order valence-corrected chi connectivity index (χ4v) is 5.16. The van der Waals surface area contributed by atoms with Crippen LogP contribution in [-0.2, 0) is 13.6 Å². The predicted molar refractivity (Wildman–Crippen MR) is 84.8 cm³/mol. The molecule has 1 aromatic carbocycles. The van der Waals surface area contributed by atoms with Crippen molar-refractivity contribution in [3.05, 3.63) is 35.9 Å². The molecular formula is C14H20NO3PS. The largest absolute Gasteiger partial charge is 0.337 e. The Morgan fingerprint density at radius 1 is 1.25 bits per heavy atom. The quantitative estimate of drug-likeness (QED) is 0.710. The topological polar surface area (TPSA) is 47.9 Å². The molecule has 4 nitrogen and oxygen atoms in total. The SMILES string of the molecule is CCOP(=O)(CC1=NC(c2ccccc2)CS1)OCC. The molecule has 1 heterocycles. The number of thioether (sulfide) groups is 1. The third-order valence-corrected chi connectivity index (χ3v) is 6.14. The van der Waals surface area contributed by atoms with Crippen LogP contribution in [0.3, 0.4) is 0 Å². The van der Waals surface area contributed by atoms with E-state index in [2.05, 4.69) is 17.1 Å². The van der Waals surface area contributed by atoms with E-state index in [1.807, 2.05) is 32.0 Å². The Morgan fingerprint density at radius 3 is 2.50 bits per heavy atom. The normalized spacial score (nSPS) is 19.1. The Hall–Kier alpha value is -0.610. The fourth-order valence-electron chi connectivity index (χ4n) is 2.04. The third-order valence-electron chi connectivity index (χ3n) is 2.87. The maximum atomic E-state index is 12.5. The van der Waals surface area contributed by atoms with Crippen LogP contribution in [0.1, 0.15) is 25.5 Å². The first-order valence-corrected chi connectivity index (χ1v) is 9.50. The van der Waals surface area contributed by atoms with E-state index in [4.69, 9.17) is 9.05 Å². The van der Waals surface area contributed by atoms with E-state index in [9.17, 15) is 4.57 Å². The summed E-state index contributed by atoms with van der Waals surface area (Å²) in [5, 5.41) is 0.865. The van der Waals surface area contributed by atoms with Crippen LogP contribution in [0.4, 0.5) is 0 Å². The molecule has 0 bridgehead atoms. The summed E-state index contributed by atoms with van der Waals surface area (Å²) in [6, 6.07) is 10.3. The number of aliphatic imine (C=N–C) groups is 1. The predicted octanol–water partition coefficient (Wildman–Crippen LogP) is 4.14. The van der Waals surface area contributed by atoms with E-state index in [1.54, 1.807) is 11.8 Å². The first-order valence-electron chi connectivity index (χ1n) is 6.79. The minimum Gasteiger partial charge on any atom is -0.309 e. The molecule has 1 atom stereocenters. The zero-order valence-corrected chi connectivity index (χ0v) is 13.5. The smallest absolute Gasteiger partial charge is 0.309 e. The van der Waals surface area contributed by atoms with Gasteiger partial charge < -0.3 is 9.05 Å². The molecule has 0 fully saturated rings. The molecule has 1 aliphatic rings. The van der Waals surface area contributed by atoms with Crippen LogP contribution in [-0.4, -0.2) is 30.2 Å². The summed E-state index contributed by atoms with van der Waals surface area (Å²) in [4.78, 5) is 4.66. The lowest BCUT2D eigenvalue weighted by atomic mass is 10.1. The zero-order chi connectivity index (χ0) is 14.4. The minimum absolute atomic E-state index is 0.146. The maximum Gasteiger partial charge on any atom is 0.337 e. The standard InChI is InChI=1S/C14H20NO3PS/c1-3-17-19(16,18-4-2)10-14-15-13(11-20-14)12-8-6-5-7-9-12/h5-9,13H,3-4,10-11H2,1-2H3. The monoisotopic (exact) mass is 313 g/mol. The number of hydrogen-bond acceptors (Lipinski definition) is 5. The van der Waals surface area contributed by atoms with Gasteiger partial charge in [-0.3, -0.25) is 9.56 Å². The van der Waals surface area contributed by atoms with E-state index in [0.29, 0.717) is 13.2 Å². The van der Waals surface area contributed by atoms with Gasteiger partial charge in [0.05, 0.1) is 30.5 Å². The molecule has 0 radical (unpaired) electrons. The Balaban J connectivity index is 2.05. The van der Waals surface area contributed by atoms with Gasteiger partial charge in [-0.05, 0) is 19.4 Å². The summed E-state index contributed by atoms with van der Waals surface area (Å²) in [6.07, 6.45) is 0.280. The van der Waals surface area contributed by atoms with Gasteiger partial charge in [0.25, 0.3) is 0 Å². The first-order chi connectivity index (χ1) is 9.67. The van der Waals surface area contributed by atoms with Gasteiger partial charge in [0, 0.05) is 5.75 Å². The molecule has 20 heavy (non-hydrogen) atoms. The highest BCUT2D eigenvalue weighted by molar-refractivity contribution is 8.14. The van der Waals surface area contributed by atoms with E-state index in [-0.39, 0.29) is 12.2 Å². The highest BCUT2D eigenvalue weighted by atomic mass is 32.2. The number of nitrogens with zero attached hydrogens (tertiary/aromatic N) is 1. The van der Waals surface area contributed by atoms with Gasteiger partial charge in [0.15, 0.2) is 0 Å². The molecule has 0 spiro atoms. The van der Waals surface area contributed by atoms with E-state index in [0.717, 1.165) is 10.8 Å². The third kappa shape index (κ3) is 4.19. The van der Waals surface area contributed by atoms with Crippen molar-refractivity contribution in [2.24, 2.45) is 4.99 Å². The van der Waals surface area contributed by atoms with Crippen LogP contribution in [0.2, 0.25) is 0 Å². The van der Waals surface area contributed by atoms with Crippen molar-refractivity contribution >= 4 is 24.4 Å². The second-order valence-corrected chi connectivity index (χ2v) is 7.51. The van der Waals surface area contributed by atoms with Gasteiger partial charge in [0.2, 0.25) is 0 Å². The molecule has 110 valence electrons. The fraction of sp³-hybridized carbons (Fsp3) is 0.500. The molecule has 6 heteroatoms. The minimum atomic E-state index is -3.04.